The van der Waals surface area contributed by atoms with Gasteiger partial charge in [-0.25, -0.2) is 14.8 Å². The van der Waals surface area contributed by atoms with Gasteiger partial charge in [0, 0.05) is 24.8 Å². The number of nitrogens with zero attached hydrogens (tertiary/aromatic N) is 3. The zero-order valence-corrected chi connectivity index (χ0v) is 17.7. The molecule has 0 radical (unpaired) electrons. The van der Waals surface area contributed by atoms with E-state index in [1.807, 2.05) is 67.6 Å². The molecule has 1 amide bonds. The number of hydrogen-bond acceptors (Lipinski definition) is 6. The molecule has 0 fully saturated rings. The van der Waals surface area contributed by atoms with Gasteiger partial charge >= 0.3 is 5.97 Å². The first-order valence-electron chi connectivity index (χ1n) is 10.3. The van der Waals surface area contributed by atoms with Gasteiger partial charge in [-0.15, -0.1) is 0 Å². The average Bonchev–Trinajstić information content (AvgIpc) is 2.80. The van der Waals surface area contributed by atoms with Crippen LogP contribution < -0.4 is 10.2 Å². The summed E-state index contributed by atoms with van der Waals surface area (Å²) in [6.45, 7) is 4.79. The lowest BCUT2D eigenvalue weighted by atomic mass is 10.1. The van der Waals surface area contributed by atoms with Gasteiger partial charge in [-0.2, -0.15) is 0 Å². The summed E-state index contributed by atoms with van der Waals surface area (Å²) in [4.78, 5) is 36.0. The van der Waals surface area contributed by atoms with E-state index in [0.29, 0.717) is 24.7 Å². The minimum atomic E-state index is -0.522. The van der Waals surface area contributed by atoms with E-state index in [1.165, 1.54) is 6.20 Å². The third-order valence-electron chi connectivity index (χ3n) is 4.52. The molecule has 0 atom stereocenters. The van der Waals surface area contributed by atoms with Gasteiger partial charge in [0.25, 0.3) is 0 Å². The molecule has 0 spiro atoms. The van der Waals surface area contributed by atoms with Crippen LogP contribution in [0.3, 0.4) is 0 Å². The van der Waals surface area contributed by atoms with Gasteiger partial charge in [-0.05, 0) is 19.4 Å². The molecule has 160 valence electrons. The third-order valence-corrected chi connectivity index (χ3v) is 4.52. The Bertz CT molecular complexity index is 1010. The zero-order valence-electron chi connectivity index (χ0n) is 17.7. The standard InChI is InChI=1S/C24H26N4O3/c1-3-25-21(29)17-28(16-18-11-7-5-8-12-18)23-20(24(30)31-4-2)15-26-22(27-23)19-13-9-6-10-14-19/h5-15H,3-4,16-17H2,1-2H3,(H,25,29). The monoisotopic (exact) mass is 418 g/mol. The molecule has 2 aromatic carbocycles. The van der Waals surface area contributed by atoms with Crippen LogP contribution in [0.25, 0.3) is 11.4 Å². The van der Waals surface area contributed by atoms with Gasteiger partial charge in [-0.3, -0.25) is 4.79 Å². The number of anilines is 1. The first-order valence-corrected chi connectivity index (χ1v) is 10.3. The number of hydrogen-bond donors (Lipinski definition) is 1. The molecule has 1 heterocycles. The van der Waals surface area contributed by atoms with Crippen molar-refractivity contribution in [3.8, 4) is 11.4 Å². The highest BCUT2D eigenvalue weighted by molar-refractivity contribution is 5.95. The van der Waals surface area contributed by atoms with E-state index in [9.17, 15) is 9.59 Å². The molecule has 1 N–H and O–H groups in total. The van der Waals surface area contributed by atoms with Crippen molar-refractivity contribution in [1.82, 2.24) is 15.3 Å². The van der Waals surface area contributed by atoms with Crippen molar-refractivity contribution >= 4 is 17.7 Å². The van der Waals surface area contributed by atoms with Gasteiger partial charge in [-0.1, -0.05) is 60.7 Å². The van der Waals surface area contributed by atoms with Gasteiger partial charge < -0.3 is 15.0 Å². The number of benzene rings is 2. The van der Waals surface area contributed by atoms with E-state index in [4.69, 9.17) is 4.74 Å². The zero-order chi connectivity index (χ0) is 22.1. The number of esters is 1. The number of likely N-dealkylation sites (N-methyl/N-ethyl adjacent to an activating group) is 1. The van der Waals surface area contributed by atoms with E-state index < -0.39 is 5.97 Å². The molecule has 0 saturated heterocycles. The molecule has 0 aliphatic rings. The van der Waals surface area contributed by atoms with Gasteiger partial charge in [0.15, 0.2) is 5.82 Å². The van der Waals surface area contributed by atoms with Crippen molar-refractivity contribution in [1.29, 1.82) is 0 Å². The highest BCUT2D eigenvalue weighted by Crippen LogP contribution is 2.24. The van der Waals surface area contributed by atoms with Gasteiger partial charge in [0.05, 0.1) is 13.2 Å². The Morgan fingerprint density at radius 1 is 1.00 bits per heavy atom. The third kappa shape index (κ3) is 5.88. The second-order valence-corrected chi connectivity index (χ2v) is 6.81. The Morgan fingerprint density at radius 3 is 2.32 bits per heavy atom. The van der Waals surface area contributed by atoms with E-state index in [0.717, 1.165) is 11.1 Å². The van der Waals surface area contributed by atoms with E-state index in [-0.39, 0.29) is 24.6 Å². The number of rotatable bonds is 9. The Labute approximate surface area is 182 Å². The Kier molecular flexibility index (Phi) is 7.70. The minimum Gasteiger partial charge on any atom is -0.462 e. The lowest BCUT2D eigenvalue weighted by Crippen LogP contribution is -2.38. The summed E-state index contributed by atoms with van der Waals surface area (Å²) in [5, 5.41) is 2.81. The topological polar surface area (TPSA) is 84.4 Å². The van der Waals surface area contributed by atoms with Crippen LogP contribution in [-0.2, 0) is 16.1 Å². The number of nitrogens with one attached hydrogen (secondary N) is 1. The molecular weight excluding hydrogens is 392 g/mol. The molecule has 0 unspecified atom stereocenters. The quantitative estimate of drug-likeness (QED) is 0.536. The van der Waals surface area contributed by atoms with Crippen LogP contribution in [-0.4, -0.2) is 41.5 Å². The number of amides is 1. The lowest BCUT2D eigenvalue weighted by Gasteiger charge is -2.25. The van der Waals surface area contributed by atoms with Crippen LogP contribution in [0.4, 0.5) is 5.82 Å². The fourth-order valence-corrected chi connectivity index (χ4v) is 3.13. The summed E-state index contributed by atoms with van der Waals surface area (Å²) in [6, 6.07) is 19.2. The van der Waals surface area contributed by atoms with Crippen molar-refractivity contribution in [2.75, 3.05) is 24.6 Å². The number of aromatic nitrogens is 2. The van der Waals surface area contributed by atoms with Crippen LogP contribution in [0.1, 0.15) is 29.8 Å². The first kappa shape index (κ1) is 22.0. The number of carbonyl (C=O) groups excluding carboxylic acids is 2. The van der Waals surface area contributed by atoms with Crippen LogP contribution >= 0.6 is 0 Å². The molecule has 0 aliphatic carbocycles. The van der Waals surface area contributed by atoms with Gasteiger partial charge in [0.2, 0.25) is 5.91 Å². The normalized spacial score (nSPS) is 10.4. The molecule has 7 heteroatoms. The molecule has 1 aromatic heterocycles. The molecule has 31 heavy (non-hydrogen) atoms. The second-order valence-electron chi connectivity index (χ2n) is 6.81. The Morgan fingerprint density at radius 2 is 1.68 bits per heavy atom. The van der Waals surface area contributed by atoms with Crippen LogP contribution in [0, 0.1) is 0 Å². The molecule has 3 rings (SSSR count). The highest BCUT2D eigenvalue weighted by Gasteiger charge is 2.23. The van der Waals surface area contributed by atoms with E-state index >= 15 is 0 Å². The van der Waals surface area contributed by atoms with E-state index in [2.05, 4.69) is 15.3 Å². The highest BCUT2D eigenvalue weighted by atomic mass is 16.5. The number of ether oxygens (including phenoxy) is 1. The summed E-state index contributed by atoms with van der Waals surface area (Å²) in [7, 11) is 0. The average molecular weight is 418 g/mol. The minimum absolute atomic E-state index is 0.0420. The number of carbonyl (C=O) groups is 2. The van der Waals surface area contributed by atoms with Crippen LogP contribution in [0.5, 0.6) is 0 Å². The molecule has 7 nitrogen and oxygen atoms in total. The fourth-order valence-electron chi connectivity index (χ4n) is 3.13. The Hall–Kier alpha value is -3.74. The van der Waals surface area contributed by atoms with E-state index in [1.54, 1.807) is 11.8 Å². The first-order chi connectivity index (χ1) is 15.1. The predicted octanol–water partition coefficient (Wildman–Crippen LogP) is 3.46. The molecular formula is C24H26N4O3. The molecule has 3 aromatic rings. The Balaban J connectivity index is 2.08. The second kappa shape index (κ2) is 10.9. The summed E-state index contributed by atoms with van der Waals surface area (Å²) >= 11 is 0. The molecule has 0 bridgehead atoms. The maximum absolute atomic E-state index is 12.7. The maximum Gasteiger partial charge on any atom is 0.343 e. The summed E-state index contributed by atoms with van der Waals surface area (Å²) in [6.07, 6.45) is 1.47. The van der Waals surface area contributed by atoms with Crippen molar-refractivity contribution in [3.05, 3.63) is 78.0 Å². The van der Waals surface area contributed by atoms with Crippen molar-refractivity contribution in [2.45, 2.75) is 20.4 Å². The SMILES string of the molecule is CCNC(=O)CN(Cc1ccccc1)c1nc(-c2ccccc2)ncc1C(=O)OCC. The van der Waals surface area contributed by atoms with Crippen LogP contribution in [0.2, 0.25) is 0 Å². The van der Waals surface area contributed by atoms with Crippen molar-refractivity contribution < 1.29 is 14.3 Å². The maximum atomic E-state index is 12.7. The summed E-state index contributed by atoms with van der Waals surface area (Å²) in [5.74, 6) is 0.152. The van der Waals surface area contributed by atoms with Crippen molar-refractivity contribution in [3.63, 3.8) is 0 Å². The molecule has 0 aliphatic heterocycles. The van der Waals surface area contributed by atoms with Gasteiger partial charge in [0.1, 0.15) is 11.4 Å². The van der Waals surface area contributed by atoms with Crippen molar-refractivity contribution in [2.24, 2.45) is 0 Å². The summed E-state index contributed by atoms with van der Waals surface area (Å²) in [5.41, 5.74) is 2.03. The lowest BCUT2D eigenvalue weighted by molar-refractivity contribution is -0.119. The largest absolute Gasteiger partial charge is 0.462 e. The molecule has 0 saturated carbocycles. The van der Waals surface area contributed by atoms with Crippen LogP contribution in [0.15, 0.2) is 66.9 Å². The predicted molar refractivity (Wildman–Crippen MR) is 120 cm³/mol. The fraction of sp³-hybridized carbons (Fsp3) is 0.250. The summed E-state index contributed by atoms with van der Waals surface area (Å²) < 4.78 is 5.22. The smallest absolute Gasteiger partial charge is 0.343 e.